The fourth-order valence-electron chi connectivity index (χ4n) is 5.03. The molecule has 0 unspecified atom stereocenters. The van der Waals surface area contributed by atoms with Crippen LogP contribution in [-0.2, 0) is 5.41 Å². The third kappa shape index (κ3) is 2.99. The van der Waals surface area contributed by atoms with Crippen molar-refractivity contribution in [1.82, 2.24) is 0 Å². The first-order valence-corrected chi connectivity index (χ1v) is 9.21. The van der Waals surface area contributed by atoms with Crippen molar-refractivity contribution in [3.63, 3.8) is 0 Å². The molecule has 0 aromatic heterocycles. The minimum Gasteiger partial charge on any atom is -0.508 e. The Balaban J connectivity index is 3.00. The van der Waals surface area contributed by atoms with E-state index >= 15 is 0 Å². The SMILES string of the molecule is Cc1ccc(C(c2ccc(O)cc2)(C(C)(C)C)C(C)(C)C)c(C)c1C. The molecule has 0 radical (unpaired) electrons. The van der Waals surface area contributed by atoms with Crippen LogP contribution < -0.4 is 0 Å². The van der Waals surface area contributed by atoms with Crippen LogP contribution in [0.2, 0.25) is 0 Å². The second kappa shape index (κ2) is 6.20. The number of aryl methyl sites for hydroxylation is 1. The lowest BCUT2D eigenvalue weighted by atomic mass is 9.48. The van der Waals surface area contributed by atoms with Gasteiger partial charge in [-0.2, -0.15) is 0 Å². The molecule has 0 amide bonds. The van der Waals surface area contributed by atoms with E-state index in [4.69, 9.17) is 0 Å². The molecule has 25 heavy (non-hydrogen) atoms. The zero-order valence-electron chi connectivity index (χ0n) is 17.4. The molecule has 0 saturated heterocycles. The van der Waals surface area contributed by atoms with Crippen LogP contribution in [0.3, 0.4) is 0 Å². The number of benzene rings is 2. The predicted octanol–water partition coefficient (Wildman–Crippen LogP) is 6.70. The molecular weight excluding hydrogens is 304 g/mol. The highest BCUT2D eigenvalue weighted by Crippen LogP contribution is 2.58. The fourth-order valence-corrected chi connectivity index (χ4v) is 5.03. The van der Waals surface area contributed by atoms with E-state index in [1.54, 1.807) is 0 Å². The maximum absolute atomic E-state index is 9.83. The summed E-state index contributed by atoms with van der Waals surface area (Å²) < 4.78 is 0. The molecule has 2 aromatic carbocycles. The average Bonchev–Trinajstić information content (AvgIpc) is 2.47. The van der Waals surface area contributed by atoms with Gasteiger partial charge in [0, 0.05) is 5.41 Å². The van der Waals surface area contributed by atoms with E-state index in [0.29, 0.717) is 5.75 Å². The maximum atomic E-state index is 9.83. The van der Waals surface area contributed by atoms with E-state index in [-0.39, 0.29) is 16.2 Å². The summed E-state index contributed by atoms with van der Waals surface area (Å²) in [7, 11) is 0. The normalized spacial score (nSPS) is 13.2. The van der Waals surface area contributed by atoms with Gasteiger partial charge in [0.05, 0.1) is 0 Å². The molecule has 2 rings (SSSR count). The number of rotatable bonds is 2. The van der Waals surface area contributed by atoms with Crippen LogP contribution in [0.1, 0.15) is 69.4 Å². The van der Waals surface area contributed by atoms with Crippen LogP contribution >= 0.6 is 0 Å². The summed E-state index contributed by atoms with van der Waals surface area (Å²) in [6, 6.07) is 12.4. The Morgan fingerprint density at radius 2 is 1.12 bits per heavy atom. The monoisotopic (exact) mass is 338 g/mol. The number of aromatic hydroxyl groups is 1. The highest BCUT2D eigenvalue weighted by atomic mass is 16.3. The van der Waals surface area contributed by atoms with Crippen LogP contribution in [0.15, 0.2) is 36.4 Å². The van der Waals surface area contributed by atoms with Crippen LogP contribution in [0.4, 0.5) is 0 Å². The molecule has 0 bridgehead atoms. The summed E-state index contributed by atoms with van der Waals surface area (Å²) in [5, 5.41) is 9.83. The predicted molar refractivity (Wildman–Crippen MR) is 108 cm³/mol. The first kappa shape index (κ1) is 19.6. The number of hydrogen-bond acceptors (Lipinski definition) is 1. The first-order valence-electron chi connectivity index (χ1n) is 9.21. The lowest BCUT2D eigenvalue weighted by molar-refractivity contribution is 0.0899. The summed E-state index contributed by atoms with van der Waals surface area (Å²) in [4.78, 5) is 0. The van der Waals surface area contributed by atoms with Crippen LogP contribution in [0.25, 0.3) is 0 Å². The number of phenols is 1. The fraction of sp³-hybridized carbons (Fsp3) is 0.500. The summed E-state index contributed by atoms with van der Waals surface area (Å²) in [6.07, 6.45) is 0. The molecule has 1 nitrogen and oxygen atoms in total. The molecule has 0 fully saturated rings. The van der Waals surface area contributed by atoms with Gasteiger partial charge in [-0.05, 0) is 71.6 Å². The summed E-state index contributed by atoms with van der Waals surface area (Å²) >= 11 is 0. The van der Waals surface area contributed by atoms with Gasteiger partial charge >= 0.3 is 0 Å². The molecular formula is C24H34O. The molecule has 1 heteroatoms. The van der Waals surface area contributed by atoms with Gasteiger partial charge in [-0.1, -0.05) is 65.8 Å². The minimum atomic E-state index is -0.184. The van der Waals surface area contributed by atoms with Gasteiger partial charge < -0.3 is 5.11 Å². The standard InChI is InChI=1S/C24H34O/c1-16-10-15-21(18(3)17(16)2)24(22(4,5)6,23(7,8)9)19-11-13-20(25)14-12-19/h10-15,25H,1-9H3. The Bertz CT molecular complexity index is 738. The summed E-state index contributed by atoms with van der Waals surface area (Å²) in [5.41, 5.74) is 6.54. The summed E-state index contributed by atoms with van der Waals surface area (Å²) in [5.74, 6) is 0.317. The van der Waals surface area contributed by atoms with Crippen molar-refractivity contribution >= 4 is 0 Å². The van der Waals surface area contributed by atoms with Crippen LogP contribution in [0.5, 0.6) is 5.75 Å². The molecule has 0 aliphatic carbocycles. The van der Waals surface area contributed by atoms with Gasteiger partial charge in [0.1, 0.15) is 5.75 Å². The molecule has 136 valence electrons. The van der Waals surface area contributed by atoms with E-state index in [1.807, 2.05) is 12.1 Å². The van der Waals surface area contributed by atoms with Crippen molar-refractivity contribution < 1.29 is 5.11 Å². The third-order valence-corrected chi connectivity index (χ3v) is 6.01. The van der Waals surface area contributed by atoms with Crippen LogP contribution in [-0.4, -0.2) is 5.11 Å². The van der Waals surface area contributed by atoms with Crippen molar-refractivity contribution in [2.24, 2.45) is 10.8 Å². The van der Waals surface area contributed by atoms with Gasteiger partial charge in [0.2, 0.25) is 0 Å². The summed E-state index contributed by atoms with van der Waals surface area (Å²) in [6.45, 7) is 20.7. The minimum absolute atomic E-state index is 0.00528. The van der Waals surface area contributed by atoms with Crippen LogP contribution in [0, 0.1) is 31.6 Å². The average molecular weight is 339 g/mol. The van der Waals surface area contributed by atoms with E-state index in [9.17, 15) is 5.11 Å². The lowest BCUT2D eigenvalue weighted by Gasteiger charge is -2.55. The quantitative estimate of drug-likeness (QED) is 0.646. The molecule has 0 atom stereocenters. The number of hydrogen-bond donors (Lipinski definition) is 1. The molecule has 0 aliphatic rings. The van der Waals surface area contributed by atoms with Gasteiger partial charge in [0.15, 0.2) is 0 Å². The van der Waals surface area contributed by atoms with Crippen molar-refractivity contribution in [3.8, 4) is 5.75 Å². The number of phenolic OH excluding ortho intramolecular Hbond substituents is 1. The van der Waals surface area contributed by atoms with Gasteiger partial charge in [-0.3, -0.25) is 0 Å². The molecule has 0 heterocycles. The smallest absolute Gasteiger partial charge is 0.115 e. The highest BCUT2D eigenvalue weighted by Gasteiger charge is 2.53. The molecule has 1 N–H and O–H groups in total. The largest absolute Gasteiger partial charge is 0.508 e. The Labute approximate surface area is 154 Å². The molecule has 0 aliphatic heterocycles. The van der Waals surface area contributed by atoms with Crippen molar-refractivity contribution in [2.45, 2.75) is 67.7 Å². The molecule has 0 saturated carbocycles. The Morgan fingerprint density at radius 3 is 1.56 bits per heavy atom. The highest BCUT2D eigenvalue weighted by molar-refractivity contribution is 5.52. The Hall–Kier alpha value is -1.76. The zero-order chi connectivity index (χ0) is 19.2. The van der Waals surface area contributed by atoms with Crippen molar-refractivity contribution in [2.75, 3.05) is 0 Å². The lowest BCUT2D eigenvalue weighted by Crippen LogP contribution is -2.51. The van der Waals surface area contributed by atoms with Crippen molar-refractivity contribution in [3.05, 3.63) is 64.2 Å². The Kier molecular flexibility index (Phi) is 4.85. The zero-order valence-corrected chi connectivity index (χ0v) is 17.4. The van der Waals surface area contributed by atoms with Crippen molar-refractivity contribution in [1.29, 1.82) is 0 Å². The second-order valence-electron chi connectivity index (χ2n) is 9.48. The second-order valence-corrected chi connectivity index (χ2v) is 9.48. The van der Waals surface area contributed by atoms with Gasteiger partial charge in [-0.25, -0.2) is 0 Å². The van der Waals surface area contributed by atoms with E-state index in [0.717, 1.165) is 0 Å². The van der Waals surface area contributed by atoms with E-state index in [1.165, 1.54) is 27.8 Å². The Morgan fingerprint density at radius 1 is 0.640 bits per heavy atom. The first-order chi connectivity index (χ1) is 11.3. The van der Waals surface area contributed by atoms with E-state index in [2.05, 4.69) is 86.6 Å². The third-order valence-electron chi connectivity index (χ3n) is 6.01. The van der Waals surface area contributed by atoms with E-state index < -0.39 is 0 Å². The molecule has 2 aromatic rings. The van der Waals surface area contributed by atoms with Gasteiger partial charge in [-0.15, -0.1) is 0 Å². The van der Waals surface area contributed by atoms with Gasteiger partial charge in [0.25, 0.3) is 0 Å². The molecule has 0 spiro atoms. The topological polar surface area (TPSA) is 20.2 Å². The maximum Gasteiger partial charge on any atom is 0.115 e.